The molecule has 0 aliphatic carbocycles. The molecule has 2 rings (SSSR count). The molecule has 1 aromatic heterocycles. The maximum Gasteiger partial charge on any atom is 0.313 e. The van der Waals surface area contributed by atoms with Crippen molar-refractivity contribution < 1.29 is 9.59 Å². The van der Waals surface area contributed by atoms with Crippen LogP contribution in [0.25, 0.3) is 0 Å². The van der Waals surface area contributed by atoms with Crippen molar-refractivity contribution in [3.8, 4) is 0 Å². The third-order valence-corrected chi connectivity index (χ3v) is 3.76. The minimum atomic E-state index is -0.607. The van der Waals surface area contributed by atoms with Gasteiger partial charge in [0, 0.05) is 40.3 Å². The highest BCUT2D eigenvalue weighted by atomic mass is 16.2. The van der Waals surface area contributed by atoms with Crippen molar-refractivity contribution in [2.75, 3.05) is 57.0 Å². The fourth-order valence-corrected chi connectivity index (χ4v) is 2.32. The van der Waals surface area contributed by atoms with Crippen molar-refractivity contribution in [1.29, 1.82) is 0 Å². The number of piperazine rings is 1. The zero-order valence-electron chi connectivity index (χ0n) is 13.4. The summed E-state index contributed by atoms with van der Waals surface area (Å²) in [6.45, 7) is 5.88. The molecule has 0 radical (unpaired) electrons. The number of nitrogens with zero attached hydrogens (tertiary/aromatic N) is 4. The molecule has 1 aliphatic heterocycles. The van der Waals surface area contributed by atoms with E-state index in [9.17, 15) is 9.59 Å². The number of likely N-dealkylation sites (N-methyl/N-ethyl adjacent to an activating group) is 1. The number of carbonyl (C=O) groups excluding carboxylic acids is 2. The van der Waals surface area contributed by atoms with Crippen LogP contribution in [0.2, 0.25) is 0 Å². The van der Waals surface area contributed by atoms with Crippen LogP contribution in [-0.4, -0.2) is 73.4 Å². The molecule has 0 unspecified atom stereocenters. The molecule has 7 nitrogen and oxygen atoms in total. The Hall–Kier alpha value is -2.15. The summed E-state index contributed by atoms with van der Waals surface area (Å²) in [6.07, 6.45) is 1.55. The van der Waals surface area contributed by atoms with E-state index in [0.717, 1.165) is 25.5 Å². The number of nitrogens with one attached hydrogen (secondary N) is 1. The topological polar surface area (TPSA) is 68.8 Å². The number of hydrogen-bond donors (Lipinski definition) is 1. The van der Waals surface area contributed by atoms with Crippen LogP contribution in [-0.2, 0) is 9.59 Å². The summed E-state index contributed by atoms with van der Waals surface area (Å²) in [7, 11) is 3.78. The Bertz CT molecular complexity index is 521. The van der Waals surface area contributed by atoms with Gasteiger partial charge in [-0.15, -0.1) is 0 Å². The molecule has 22 heavy (non-hydrogen) atoms. The van der Waals surface area contributed by atoms with Gasteiger partial charge in [-0.2, -0.15) is 0 Å². The molecule has 0 aromatic carbocycles. The summed E-state index contributed by atoms with van der Waals surface area (Å²) in [4.78, 5) is 34.1. The Kier molecular flexibility index (Phi) is 5.32. The smallest absolute Gasteiger partial charge is 0.313 e. The molecule has 0 spiro atoms. The zero-order chi connectivity index (χ0) is 16.1. The van der Waals surface area contributed by atoms with Crippen LogP contribution in [0.3, 0.4) is 0 Å². The number of hydrogen-bond acceptors (Lipinski definition) is 5. The number of rotatable bonds is 3. The third-order valence-electron chi connectivity index (χ3n) is 3.76. The van der Waals surface area contributed by atoms with Crippen LogP contribution >= 0.6 is 0 Å². The maximum absolute atomic E-state index is 12.1. The standard InChI is InChI=1S/C15H23N5O2/c1-4-19-7-9-20(10-8-19)15(22)14(21)17-12-5-6-13(16-11-12)18(2)3/h5-6,11H,4,7-10H2,1-3H3,(H,17,21). The van der Waals surface area contributed by atoms with Gasteiger partial charge in [-0.25, -0.2) is 4.98 Å². The van der Waals surface area contributed by atoms with E-state index in [2.05, 4.69) is 22.1 Å². The van der Waals surface area contributed by atoms with Crippen molar-refractivity contribution in [3.63, 3.8) is 0 Å². The molecule has 1 N–H and O–H groups in total. The minimum absolute atomic E-state index is 0.479. The second kappa shape index (κ2) is 7.22. The van der Waals surface area contributed by atoms with Gasteiger partial charge in [-0.3, -0.25) is 9.59 Å². The first-order valence-corrected chi connectivity index (χ1v) is 7.47. The molecule has 0 atom stereocenters. The Morgan fingerprint density at radius 3 is 2.41 bits per heavy atom. The fraction of sp³-hybridized carbons (Fsp3) is 0.533. The maximum atomic E-state index is 12.1. The van der Waals surface area contributed by atoms with Gasteiger partial charge in [0.05, 0.1) is 11.9 Å². The molecule has 1 fully saturated rings. The van der Waals surface area contributed by atoms with Crippen LogP contribution in [0.5, 0.6) is 0 Å². The Morgan fingerprint density at radius 1 is 1.23 bits per heavy atom. The highest BCUT2D eigenvalue weighted by Crippen LogP contribution is 2.12. The molecule has 1 aromatic rings. The number of pyridine rings is 1. The number of anilines is 2. The second-order valence-corrected chi connectivity index (χ2v) is 5.48. The summed E-state index contributed by atoms with van der Waals surface area (Å²) in [5.74, 6) is -0.295. The number of carbonyl (C=O) groups is 2. The van der Waals surface area contributed by atoms with E-state index >= 15 is 0 Å². The highest BCUT2D eigenvalue weighted by Gasteiger charge is 2.25. The van der Waals surface area contributed by atoms with Crippen LogP contribution in [0, 0.1) is 0 Å². The predicted molar refractivity (Wildman–Crippen MR) is 85.9 cm³/mol. The van der Waals surface area contributed by atoms with Crippen molar-refractivity contribution >= 4 is 23.3 Å². The van der Waals surface area contributed by atoms with Crippen molar-refractivity contribution in [2.24, 2.45) is 0 Å². The summed E-state index contributed by atoms with van der Waals surface area (Å²) >= 11 is 0. The lowest BCUT2D eigenvalue weighted by Gasteiger charge is -2.33. The van der Waals surface area contributed by atoms with Gasteiger partial charge in [0.25, 0.3) is 0 Å². The molecule has 1 saturated heterocycles. The Labute approximate surface area is 130 Å². The van der Waals surface area contributed by atoms with Crippen LogP contribution in [0.4, 0.5) is 11.5 Å². The average molecular weight is 305 g/mol. The molecule has 2 amide bonds. The summed E-state index contributed by atoms with van der Waals surface area (Å²) in [6, 6.07) is 3.53. The Morgan fingerprint density at radius 2 is 1.91 bits per heavy atom. The SMILES string of the molecule is CCN1CCN(C(=O)C(=O)Nc2ccc(N(C)C)nc2)CC1. The van der Waals surface area contributed by atoms with Gasteiger partial charge in [0.2, 0.25) is 0 Å². The number of aromatic nitrogens is 1. The fourth-order valence-electron chi connectivity index (χ4n) is 2.32. The van der Waals surface area contributed by atoms with E-state index in [1.165, 1.54) is 0 Å². The lowest BCUT2D eigenvalue weighted by Crippen LogP contribution is -2.51. The van der Waals surface area contributed by atoms with Gasteiger partial charge in [0.15, 0.2) is 0 Å². The van der Waals surface area contributed by atoms with Crippen molar-refractivity contribution in [1.82, 2.24) is 14.8 Å². The molecule has 0 saturated carbocycles. The summed E-state index contributed by atoms with van der Waals surface area (Å²) in [5.41, 5.74) is 0.524. The quantitative estimate of drug-likeness (QED) is 0.811. The van der Waals surface area contributed by atoms with Crippen LogP contribution < -0.4 is 10.2 Å². The lowest BCUT2D eigenvalue weighted by molar-refractivity contribution is -0.144. The summed E-state index contributed by atoms with van der Waals surface area (Å²) < 4.78 is 0. The van der Waals surface area contributed by atoms with E-state index in [-0.39, 0.29) is 0 Å². The summed E-state index contributed by atoms with van der Waals surface area (Å²) in [5, 5.41) is 2.61. The zero-order valence-corrected chi connectivity index (χ0v) is 13.4. The highest BCUT2D eigenvalue weighted by molar-refractivity contribution is 6.39. The van der Waals surface area contributed by atoms with Crippen molar-refractivity contribution in [3.05, 3.63) is 18.3 Å². The molecular weight excluding hydrogens is 282 g/mol. The molecule has 2 heterocycles. The lowest BCUT2D eigenvalue weighted by atomic mass is 10.3. The first kappa shape index (κ1) is 16.2. The predicted octanol–water partition coefficient (Wildman–Crippen LogP) is 0.250. The van der Waals surface area contributed by atoms with E-state index in [1.807, 2.05) is 19.0 Å². The van der Waals surface area contributed by atoms with Gasteiger partial charge in [-0.05, 0) is 18.7 Å². The largest absolute Gasteiger partial charge is 0.363 e. The van der Waals surface area contributed by atoms with Gasteiger partial charge in [0.1, 0.15) is 5.82 Å². The minimum Gasteiger partial charge on any atom is -0.363 e. The molecule has 7 heteroatoms. The normalized spacial score (nSPS) is 15.5. The molecule has 0 bridgehead atoms. The van der Waals surface area contributed by atoms with E-state index in [4.69, 9.17) is 0 Å². The second-order valence-electron chi connectivity index (χ2n) is 5.48. The van der Waals surface area contributed by atoms with E-state index in [0.29, 0.717) is 18.8 Å². The van der Waals surface area contributed by atoms with Crippen molar-refractivity contribution in [2.45, 2.75) is 6.92 Å². The number of amides is 2. The monoisotopic (exact) mass is 305 g/mol. The Balaban J connectivity index is 1.90. The first-order chi connectivity index (χ1) is 10.5. The van der Waals surface area contributed by atoms with Gasteiger partial charge in [-0.1, -0.05) is 6.92 Å². The van der Waals surface area contributed by atoms with E-state index < -0.39 is 11.8 Å². The molecular formula is C15H23N5O2. The molecule has 1 aliphatic rings. The van der Waals surface area contributed by atoms with Crippen LogP contribution in [0.15, 0.2) is 18.3 Å². The van der Waals surface area contributed by atoms with Crippen LogP contribution in [0.1, 0.15) is 6.92 Å². The van der Waals surface area contributed by atoms with Gasteiger partial charge >= 0.3 is 11.8 Å². The first-order valence-electron chi connectivity index (χ1n) is 7.47. The van der Waals surface area contributed by atoms with Gasteiger partial charge < -0.3 is 20.0 Å². The molecule has 120 valence electrons. The van der Waals surface area contributed by atoms with E-state index in [1.54, 1.807) is 23.2 Å². The average Bonchev–Trinajstić information content (AvgIpc) is 2.54. The third kappa shape index (κ3) is 3.94.